The maximum Gasteiger partial charge on any atom is 0.316 e. The molecule has 0 aliphatic heterocycles. The first kappa shape index (κ1) is 16.7. The van der Waals surface area contributed by atoms with Gasteiger partial charge in [0.05, 0.1) is 6.61 Å². The highest BCUT2D eigenvalue weighted by Gasteiger charge is 2.51. The number of carbonyl (C=O) groups excluding carboxylic acids is 3. The number of Topliss-reactive ketones (excluding diaryl/α,β-unsaturated/α-hetero) is 2. The molecule has 4 rings (SSSR count). The molecule has 4 nitrogen and oxygen atoms in total. The summed E-state index contributed by atoms with van der Waals surface area (Å²) in [6.07, 6.45) is 8.17. The fourth-order valence-electron chi connectivity index (χ4n) is 5.86. The van der Waals surface area contributed by atoms with Crippen LogP contribution in [0, 0.1) is 29.1 Å². The van der Waals surface area contributed by atoms with E-state index in [1.54, 1.807) is 6.92 Å². The fourth-order valence-corrected chi connectivity index (χ4v) is 5.86. The van der Waals surface area contributed by atoms with E-state index in [1.807, 2.05) is 0 Å². The highest BCUT2D eigenvalue weighted by molar-refractivity contribution is 6.01. The minimum absolute atomic E-state index is 0.0237. The van der Waals surface area contributed by atoms with Crippen molar-refractivity contribution in [3.05, 3.63) is 0 Å². The summed E-state index contributed by atoms with van der Waals surface area (Å²) in [6.45, 7) is 3.33. The molecule has 0 N–H and O–H groups in total. The summed E-state index contributed by atoms with van der Waals surface area (Å²) in [5, 5.41) is 0. The van der Waals surface area contributed by atoms with Gasteiger partial charge in [0, 0.05) is 12.8 Å². The number of hydrogen-bond acceptors (Lipinski definition) is 4. The third-order valence-corrected chi connectivity index (χ3v) is 6.23. The second kappa shape index (κ2) is 6.37. The average molecular weight is 320 g/mol. The number of esters is 1. The van der Waals surface area contributed by atoms with Gasteiger partial charge in [-0.25, -0.2) is 0 Å². The van der Waals surface area contributed by atoms with Gasteiger partial charge in [0.25, 0.3) is 0 Å². The molecule has 4 heteroatoms. The van der Waals surface area contributed by atoms with Crippen LogP contribution in [0.1, 0.15) is 65.2 Å². The Morgan fingerprint density at radius 2 is 1.57 bits per heavy atom. The van der Waals surface area contributed by atoms with Crippen LogP contribution in [0.2, 0.25) is 0 Å². The molecule has 128 valence electrons. The minimum Gasteiger partial charge on any atom is -0.465 e. The molecule has 0 saturated heterocycles. The standard InChI is InChI=1S/C19H28O4/c1-3-23-18(22)17(12(2)20)7-16(21)11-19-8-13-4-14(9-19)6-15(5-13)10-19/h13-15,17H,3-11H2,1-2H3. The zero-order chi connectivity index (χ0) is 16.6. The zero-order valence-corrected chi connectivity index (χ0v) is 14.3. The van der Waals surface area contributed by atoms with Gasteiger partial charge in [0.2, 0.25) is 0 Å². The quantitative estimate of drug-likeness (QED) is 0.533. The molecule has 1 atom stereocenters. The molecule has 4 aliphatic carbocycles. The van der Waals surface area contributed by atoms with Crippen LogP contribution >= 0.6 is 0 Å². The summed E-state index contributed by atoms with van der Waals surface area (Å²) in [4.78, 5) is 36.2. The predicted molar refractivity (Wildman–Crippen MR) is 85.7 cm³/mol. The van der Waals surface area contributed by atoms with Crippen molar-refractivity contribution in [1.29, 1.82) is 0 Å². The predicted octanol–water partition coefficient (Wildman–Crippen LogP) is 3.32. The van der Waals surface area contributed by atoms with Crippen LogP contribution < -0.4 is 0 Å². The third kappa shape index (κ3) is 3.51. The van der Waals surface area contributed by atoms with E-state index in [9.17, 15) is 14.4 Å². The van der Waals surface area contributed by atoms with E-state index in [0.29, 0.717) is 6.42 Å². The first-order valence-electron chi connectivity index (χ1n) is 9.09. The Morgan fingerprint density at radius 1 is 1.04 bits per heavy atom. The molecular weight excluding hydrogens is 292 g/mol. The number of hydrogen-bond donors (Lipinski definition) is 0. The topological polar surface area (TPSA) is 60.4 Å². The molecule has 4 fully saturated rings. The molecule has 1 unspecified atom stereocenters. The summed E-state index contributed by atoms with van der Waals surface area (Å²) in [7, 11) is 0. The van der Waals surface area contributed by atoms with Crippen LogP contribution in [0.25, 0.3) is 0 Å². The molecule has 0 radical (unpaired) electrons. The SMILES string of the molecule is CCOC(=O)C(CC(=O)CC12CC3CC(CC(C3)C1)C2)C(C)=O. The molecule has 0 aromatic carbocycles. The minimum atomic E-state index is -0.906. The van der Waals surface area contributed by atoms with Gasteiger partial charge in [0.1, 0.15) is 17.5 Å². The van der Waals surface area contributed by atoms with E-state index in [4.69, 9.17) is 4.74 Å². The van der Waals surface area contributed by atoms with Crippen molar-refractivity contribution in [2.45, 2.75) is 65.2 Å². The van der Waals surface area contributed by atoms with E-state index in [1.165, 1.54) is 45.4 Å². The van der Waals surface area contributed by atoms with Gasteiger partial charge in [-0.3, -0.25) is 14.4 Å². The maximum atomic E-state index is 12.6. The van der Waals surface area contributed by atoms with E-state index < -0.39 is 11.9 Å². The van der Waals surface area contributed by atoms with Crippen LogP contribution in [-0.4, -0.2) is 24.1 Å². The summed E-state index contributed by atoms with van der Waals surface area (Å²) in [6, 6.07) is 0. The summed E-state index contributed by atoms with van der Waals surface area (Å²) < 4.78 is 4.95. The fraction of sp³-hybridized carbons (Fsp3) is 0.842. The molecule has 4 aliphatic rings. The Morgan fingerprint density at radius 3 is 2.00 bits per heavy atom. The molecule has 0 heterocycles. The Balaban J connectivity index is 1.62. The van der Waals surface area contributed by atoms with E-state index in [-0.39, 0.29) is 30.0 Å². The Hall–Kier alpha value is -1.19. The molecule has 4 bridgehead atoms. The van der Waals surface area contributed by atoms with Crippen LogP contribution in [0.4, 0.5) is 0 Å². The second-order valence-corrected chi connectivity index (χ2v) is 8.25. The zero-order valence-electron chi connectivity index (χ0n) is 14.3. The van der Waals surface area contributed by atoms with Crippen LogP contribution in [0.5, 0.6) is 0 Å². The molecular formula is C19H28O4. The van der Waals surface area contributed by atoms with Crippen molar-refractivity contribution in [2.24, 2.45) is 29.1 Å². The summed E-state index contributed by atoms with van der Waals surface area (Å²) >= 11 is 0. The van der Waals surface area contributed by atoms with Gasteiger partial charge in [-0.2, -0.15) is 0 Å². The van der Waals surface area contributed by atoms with E-state index in [2.05, 4.69) is 0 Å². The first-order chi connectivity index (χ1) is 10.9. The number of ether oxygens (including phenoxy) is 1. The molecule has 0 aromatic heterocycles. The highest BCUT2D eigenvalue weighted by atomic mass is 16.5. The van der Waals surface area contributed by atoms with Gasteiger partial charge in [-0.05, 0) is 75.5 Å². The van der Waals surface area contributed by atoms with Crippen LogP contribution in [0.3, 0.4) is 0 Å². The average Bonchev–Trinajstić information content (AvgIpc) is 2.42. The molecule has 23 heavy (non-hydrogen) atoms. The van der Waals surface area contributed by atoms with Gasteiger partial charge in [0.15, 0.2) is 0 Å². The first-order valence-corrected chi connectivity index (χ1v) is 9.09. The van der Waals surface area contributed by atoms with Crippen molar-refractivity contribution >= 4 is 17.5 Å². The van der Waals surface area contributed by atoms with Crippen molar-refractivity contribution in [3.63, 3.8) is 0 Å². The number of ketones is 2. The molecule has 0 spiro atoms. The third-order valence-electron chi connectivity index (χ3n) is 6.23. The molecule has 4 saturated carbocycles. The van der Waals surface area contributed by atoms with Gasteiger partial charge in [-0.1, -0.05) is 0 Å². The van der Waals surface area contributed by atoms with Crippen molar-refractivity contribution in [2.75, 3.05) is 6.61 Å². The van der Waals surface area contributed by atoms with Gasteiger partial charge < -0.3 is 4.74 Å². The second-order valence-electron chi connectivity index (χ2n) is 8.25. The molecule has 0 amide bonds. The van der Waals surface area contributed by atoms with Crippen molar-refractivity contribution in [3.8, 4) is 0 Å². The van der Waals surface area contributed by atoms with Crippen molar-refractivity contribution < 1.29 is 19.1 Å². The van der Waals surface area contributed by atoms with E-state index in [0.717, 1.165) is 17.8 Å². The monoisotopic (exact) mass is 320 g/mol. The number of carbonyl (C=O) groups is 3. The summed E-state index contributed by atoms with van der Waals surface area (Å²) in [5.74, 6) is 0.783. The Labute approximate surface area is 138 Å². The summed E-state index contributed by atoms with van der Waals surface area (Å²) in [5.41, 5.74) is 0.168. The lowest BCUT2D eigenvalue weighted by atomic mass is 9.48. The van der Waals surface area contributed by atoms with Crippen LogP contribution in [0.15, 0.2) is 0 Å². The van der Waals surface area contributed by atoms with Crippen LogP contribution in [-0.2, 0) is 19.1 Å². The lowest BCUT2D eigenvalue weighted by Gasteiger charge is -2.56. The largest absolute Gasteiger partial charge is 0.465 e. The van der Waals surface area contributed by atoms with E-state index >= 15 is 0 Å². The normalized spacial score (nSPS) is 35.8. The number of rotatable bonds is 7. The Bertz CT molecular complexity index is 472. The molecule has 0 aromatic rings. The lowest BCUT2D eigenvalue weighted by molar-refractivity contribution is -0.153. The Kier molecular flexibility index (Phi) is 4.61. The lowest BCUT2D eigenvalue weighted by Crippen LogP contribution is -2.47. The van der Waals surface area contributed by atoms with Gasteiger partial charge in [-0.15, -0.1) is 0 Å². The maximum absolute atomic E-state index is 12.6. The highest BCUT2D eigenvalue weighted by Crippen LogP contribution is 2.61. The van der Waals surface area contributed by atoms with Gasteiger partial charge >= 0.3 is 5.97 Å². The van der Waals surface area contributed by atoms with Crippen molar-refractivity contribution in [1.82, 2.24) is 0 Å². The smallest absolute Gasteiger partial charge is 0.316 e.